The minimum atomic E-state index is -0.0519. The quantitative estimate of drug-likeness (QED) is 0.692. The number of carbonyl (C=O) groups is 1. The van der Waals surface area contributed by atoms with Crippen molar-refractivity contribution in [2.45, 2.75) is 12.8 Å². The lowest BCUT2D eigenvalue weighted by atomic mass is 10.1. The maximum absolute atomic E-state index is 12.5. The molecule has 7 heteroatoms. The zero-order chi connectivity index (χ0) is 18.4. The number of pyridine rings is 1. The van der Waals surface area contributed by atoms with E-state index in [1.807, 2.05) is 12.1 Å². The molecule has 26 heavy (non-hydrogen) atoms. The smallest absolute Gasteiger partial charge is 0.255 e. The number of benzene rings is 1. The number of rotatable bonds is 6. The van der Waals surface area contributed by atoms with Gasteiger partial charge in [-0.2, -0.15) is 0 Å². The van der Waals surface area contributed by atoms with Crippen molar-refractivity contribution < 1.29 is 9.53 Å². The van der Waals surface area contributed by atoms with Crippen molar-refractivity contribution in [1.29, 1.82) is 0 Å². The van der Waals surface area contributed by atoms with Crippen LogP contribution in [0.3, 0.4) is 0 Å². The normalized spacial score (nSPS) is 14.3. The van der Waals surface area contributed by atoms with E-state index < -0.39 is 0 Å². The number of hydrogen-bond acceptors (Lipinski definition) is 4. The zero-order valence-electron chi connectivity index (χ0n) is 14.4. The number of amides is 1. The van der Waals surface area contributed by atoms with Crippen molar-refractivity contribution in [2.75, 3.05) is 38.2 Å². The van der Waals surface area contributed by atoms with Gasteiger partial charge in [0.25, 0.3) is 5.91 Å². The van der Waals surface area contributed by atoms with Gasteiger partial charge in [0, 0.05) is 30.3 Å². The fourth-order valence-electron chi connectivity index (χ4n) is 2.83. The number of nitrogens with one attached hydrogen (secondary N) is 1. The summed E-state index contributed by atoms with van der Waals surface area (Å²) in [5.74, 6) is 0.559. The molecule has 138 valence electrons. The Morgan fingerprint density at radius 2 is 2.12 bits per heavy atom. The molecule has 5 nitrogen and oxygen atoms in total. The second-order valence-electron chi connectivity index (χ2n) is 6.12. The fraction of sp³-hybridized carbons (Fsp3) is 0.368. The number of ether oxygens (including phenoxy) is 1. The van der Waals surface area contributed by atoms with E-state index in [-0.39, 0.29) is 5.91 Å². The molecule has 2 heterocycles. The van der Waals surface area contributed by atoms with E-state index in [2.05, 4.69) is 38.4 Å². The largest absolute Gasteiger partial charge is 0.378 e. The van der Waals surface area contributed by atoms with Crippen LogP contribution < -0.4 is 5.32 Å². The molecule has 1 amide bonds. The van der Waals surface area contributed by atoms with Crippen molar-refractivity contribution in [1.82, 2.24) is 9.88 Å². The van der Waals surface area contributed by atoms with Crippen molar-refractivity contribution in [3.8, 4) is 0 Å². The van der Waals surface area contributed by atoms with Crippen LogP contribution in [-0.4, -0.2) is 48.6 Å². The molecule has 1 aliphatic heterocycles. The zero-order valence-corrected chi connectivity index (χ0v) is 16.7. The number of halogens is 2. The predicted octanol–water partition coefficient (Wildman–Crippen LogP) is 4.01. The number of carbonyl (C=O) groups excluding carboxylic acids is 1. The Kier molecular flexibility index (Phi) is 6.88. The van der Waals surface area contributed by atoms with Crippen molar-refractivity contribution in [3.05, 3.63) is 57.2 Å². The maximum Gasteiger partial charge on any atom is 0.255 e. The average Bonchev–Trinajstić information content (AvgIpc) is 2.66. The molecule has 0 spiro atoms. The molecule has 3 rings (SSSR count). The van der Waals surface area contributed by atoms with Crippen LogP contribution in [0.2, 0.25) is 5.02 Å². The van der Waals surface area contributed by atoms with Crippen LogP contribution in [0, 0.1) is 0 Å². The second kappa shape index (κ2) is 9.35. The highest BCUT2D eigenvalue weighted by atomic mass is 79.9. The van der Waals surface area contributed by atoms with E-state index in [4.69, 9.17) is 16.3 Å². The fourth-order valence-corrected chi connectivity index (χ4v) is 3.51. The SMILES string of the molecule is O=C(c1cnc(NCCCc2cccc(Br)c2)c(Cl)c1)N1CCOCC1. The van der Waals surface area contributed by atoms with Gasteiger partial charge in [0.2, 0.25) is 0 Å². The molecular weight excluding hydrogens is 418 g/mol. The lowest BCUT2D eigenvalue weighted by Crippen LogP contribution is -2.40. The van der Waals surface area contributed by atoms with Crippen molar-refractivity contribution in [3.63, 3.8) is 0 Å². The van der Waals surface area contributed by atoms with E-state index >= 15 is 0 Å². The maximum atomic E-state index is 12.5. The Balaban J connectivity index is 1.51. The molecule has 1 aliphatic rings. The summed E-state index contributed by atoms with van der Waals surface area (Å²) in [5.41, 5.74) is 1.79. The second-order valence-corrected chi connectivity index (χ2v) is 7.44. The van der Waals surface area contributed by atoms with Crippen molar-refractivity contribution >= 4 is 39.3 Å². The monoisotopic (exact) mass is 437 g/mol. The lowest BCUT2D eigenvalue weighted by Gasteiger charge is -2.26. The minimum absolute atomic E-state index is 0.0519. The van der Waals surface area contributed by atoms with Gasteiger partial charge >= 0.3 is 0 Å². The van der Waals surface area contributed by atoms with Gasteiger partial charge in [0.15, 0.2) is 0 Å². The van der Waals surface area contributed by atoms with Gasteiger partial charge < -0.3 is 15.0 Å². The van der Waals surface area contributed by atoms with Gasteiger partial charge in [-0.15, -0.1) is 0 Å². The molecule has 1 aromatic carbocycles. The van der Waals surface area contributed by atoms with Crippen LogP contribution in [0.1, 0.15) is 22.3 Å². The van der Waals surface area contributed by atoms with Gasteiger partial charge in [0.1, 0.15) is 5.82 Å². The van der Waals surface area contributed by atoms with Crippen LogP contribution in [0.25, 0.3) is 0 Å². The Bertz CT molecular complexity index is 766. The van der Waals surface area contributed by atoms with E-state index in [1.54, 1.807) is 17.2 Å². The van der Waals surface area contributed by atoms with Gasteiger partial charge in [-0.3, -0.25) is 4.79 Å². The third-order valence-electron chi connectivity index (χ3n) is 4.21. The summed E-state index contributed by atoms with van der Waals surface area (Å²) in [5, 5.41) is 3.71. The summed E-state index contributed by atoms with van der Waals surface area (Å²) >= 11 is 9.79. The van der Waals surface area contributed by atoms with Crippen LogP contribution in [0.5, 0.6) is 0 Å². The van der Waals surface area contributed by atoms with E-state index in [0.717, 1.165) is 23.9 Å². The number of nitrogens with zero attached hydrogens (tertiary/aromatic N) is 2. The third-order valence-corrected chi connectivity index (χ3v) is 4.99. The first kappa shape index (κ1) is 19.1. The molecule has 0 unspecified atom stereocenters. The molecule has 0 atom stereocenters. The molecule has 1 fully saturated rings. The van der Waals surface area contributed by atoms with E-state index in [1.165, 1.54) is 5.56 Å². The third kappa shape index (κ3) is 5.19. The molecule has 0 aliphatic carbocycles. The average molecular weight is 439 g/mol. The topological polar surface area (TPSA) is 54.5 Å². The Labute approximate surface area is 166 Å². The summed E-state index contributed by atoms with van der Waals surface area (Å²) < 4.78 is 6.36. The molecular formula is C19H21BrClN3O2. The van der Waals surface area contributed by atoms with Crippen LogP contribution in [0.15, 0.2) is 41.0 Å². The van der Waals surface area contributed by atoms with Crippen LogP contribution in [0.4, 0.5) is 5.82 Å². The number of morpholine rings is 1. The molecule has 2 aromatic rings. The van der Waals surface area contributed by atoms with Gasteiger partial charge in [-0.25, -0.2) is 4.98 Å². The van der Waals surface area contributed by atoms with E-state index in [9.17, 15) is 4.79 Å². The Hall–Kier alpha value is -1.63. The van der Waals surface area contributed by atoms with Crippen LogP contribution in [-0.2, 0) is 11.2 Å². The summed E-state index contributed by atoms with van der Waals surface area (Å²) in [4.78, 5) is 18.5. The molecule has 0 saturated carbocycles. The molecule has 1 saturated heterocycles. The summed E-state index contributed by atoms with van der Waals surface area (Å²) in [6.07, 6.45) is 3.51. The van der Waals surface area contributed by atoms with Gasteiger partial charge in [-0.05, 0) is 36.6 Å². The number of aromatic nitrogens is 1. The van der Waals surface area contributed by atoms with Crippen molar-refractivity contribution in [2.24, 2.45) is 0 Å². The lowest BCUT2D eigenvalue weighted by molar-refractivity contribution is 0.0302. The minimum Gasteiger partial charge on any atom is -0.378 e. The highest BCUT2D eigenvalue weighted by Gasteiger charge is 2.19. The first-order valence-corrected chi connectivity index (χ1v) is 9.81. The summed E-state index contributed by atoms with van der Waals surface area (Å²) in [6, 6.07) is 9.98. The molecule has 1 N–H and O–H groups in total. The summed E-state index contributed by atoms with van der Waals surface area (Å²) in [6.45, 7) is 3.11. The Morgan fingerprint density at radius 3 is 2.85 bits per heavy atom. The molecule has 0 bridgehead atoms. The van der Waals surface area contributed by atoms with Crippen LogP contribution >= 0.6 is 27.5 Å². The first-order chi connectivity index (χ1) is 12.6. The summed E-state index contributed by atoms with van der Waals surface area (Å²) in [7, 11) is 0. The number of aryl methyl sites for hydroxylation is 1. The number of anilines is 1. The van der Waals surface area contributed by atoms with Gasteiger partial charge in [0.05, 0.1) is 23.8 Å². The first-order valence-electron chi connectivity index (χ1n) is 8.64. The predicted molar refractivity (Wildman–Crippen MR) is 107 cm³/mol. The van der Waals surface area contributed by atoms with Gasteiger partial charge in [-0.1, -0.05) is 39.7 Å². The number of hydrogen-bond donors (Lipinski definition) is 1. The molecule has 1 aromatic heterocycles. The Morgan fingerprint density at radius 1 is 1.31 bits per heavy atom. The highest BCUT2D eigenvalue weighted by molar-refractivity contribution is 9.10. The molecule has 0 radical (unpaired) electrons. The van der Waals surface area contributed by atoms with E-state index in [0.29, 0.717) is 42.7 Å². The highest BCUT2D eigenvalue weighted by Crippen LogP contribution is 2.21. The standard InChI is InChI=1S/C19H21BrClN3O2/c20-16-5-1-3-14(11-16)4-2-6-22-18-17(21)12-15(13-23-18)19(25)24-7-9-26-10-8-24/h1,3,5,11-13H,2,4,6-10H2,(H,22,23).